The van der Waals surface area contributed by atoms with Gasteiger partial charge in [0.05, 0.1) is 6.42 Å². The highest BCUT2D eigenvalue weighted by molar-refractivity contribution is 5.88. The highest BCUT2D eigenvalue weighted by Crippen LogP contribution is 2.30. The zero-order chi connectivity index (χ0) is 13.4. The molecule has 0 saturated heterocycles. The summed E-state index contributed by atoms with van der Waals surface area (Å²) in [4.78, 5) is 0. The van der Waals surface area contributed by atoms with Crippen molar-refractivity contribution in [2.45, 2.75) is 6.42 Å². The molecule has 4 rings (SSSR count). The van der Waals surface area contributed by atoms with Crippen molar-refractivity contribution in [2.24, 2.45) is 0 Å². The molecule has 0 fully saturated rings. The highest BCUT2D eigenvalue weighted by Gasteiger charge is 2.12. The second-order valence-corrected chi connectivity index (χ2v) is 5.17. The summed E-state index contributed by atoms with van der Waals surface area (Å²) in [5.41, 5.74) is 5.03. The lowest BCUT2D eigenvalue weighted by Gasteiger charge is -2.16. The number of hydrogen-bond donors (Lipinski definition) is 0. The van der Waals surface area contributed by atoms with Crippen molar-refractivity contribution in [3.8, 4) is 0 Å². The monoisotopic (exact) mass is 254 g/mol. The Morgan fingerprint density at radius 3 is 2.50 bits per heavy atom. The zero-order valence-electron chi connectivity index (χ0n) is 11.1. The minimum atomic E-state index is 0.991. The standard InChI is InChI=1S/C20H14/c1-3-7-17-13-19(11-9-15(17)5-1)20-12-10-16-6-2-4-8-18(16)14-20/h1-9,11-13H,10H2. The second kappa shape index (κ2) is 4.64. The highest BCUT2D eigenvalue weighted by atomic mass is 14.2. The normalized spacial score (nSPS) is 13.9. The molecule has 3 aromatic rings. The molecule has 3 aromatic carbocycles. The van der Waals surface area contributed by atoms with Gasteiger partial charge in [-0.25, -0.2) is 0 Å². The van der Waals surface area contributed by atoms with E-state index in [1.165, 1.54) is 33.0 Å². The smallest absolute Gasteiger partial charge is 0.0507 e. The Hall–Kier alpha value is -2.34. The van der Waals surface area contributed by atoms with Gasteiger partial charge in [0.2, 0.25) is 0 Å². The van der Waals surface area contributed by atoms with Gasteiger partial charge in [-0.1, -0.05) is 66.7 Å². The van der Waals surface area contributed by atoms with E-state index in [0.717, 1.165) is 6.42 Å². The van der Waals surface area contributed by atoms with Crippen LogP contribution in [-0.2, 0) is 6.42 Å². The molecule has 2 radical (unpaired) electrons. The summed E-state index contributed by atoms with van der Waals surface area (Å²) in [5, 5.41) is 2.57. The van der Waals surface area contributed by atoms with Gasteiger partial charge in [0.1, 0.15) is 0 Å². The van der Waals surface area contributed by atoms with Crippen LogP contribution in [0.4, 0.5) is 0 Å². The predicted octanol–water partition coefficient (Wildman–Crippen LogP) is 4.91. The van der Waals surface area contributed by atoms with Gasteiger partial charge in [0, 0.05) is 0 Å². The first-order valence-electron chi connectivity index (χ1n) is 6.94. The maximum atomic E-state index is 3.54. The van der Waals surface area contributed by atoms with Crippen LogP contribution in [0, 0.1) is 6.42 Å². The van der Waals surface area contributed by atoms with Gasteiger partial charge >= 0.3 is 0 Å². The molecule has 20 heavy (non-hydrogen) atoms. The summed E-state index contributed by atoms with van der Waals surface area (Å²) < 4.78 is 0. The van der Waals surface area contributed by atoms with E-state index in [0.29, 0.717) is 0 Å². The molecular formula is C20H14. The zero-order valence-corrected chi connectivity index (χ0v) is 11.1. The van der Waals surface area contributed by atoms with Gasteiger partial charge < -0.3 is 0 Å². The van der Waals surface area contributed by atoms with Crippen molar-refractivity contribution in [2.75, 3.05) is 0 Å². The van der Waals surface area contributed by atoms with E-state index in [2.05, 4.69) is 79.2 Å². The first-order chi connectivity index (χ1) is 9.90. The number of allylic oxidation sites excluding steroid dienone is 2. The number of rotatable bonds is 1. The van der Waals surface area contributed by atoms with Gasteiger partial charge in [-0.2, -0.15) is 0 Å². The van der Waals surface area contributed by atoms with Crippen LogP contribution in [0.3, 0.4) is 0 Å². The quantitative estimate of drug-likeness (QED) is 0.579. The Balaban J connectivity index is 1.75. The van der Waals surface area contributed by atoms with E-state index in [1.54, 1.807) is 0 Å². The van der Waals surface area contributed by atoms with E-state index in [-0.39, 0.29) is 0 Å². The summed E-state index contributed by atoms with van der Waals surface area (Å²) in [6, 6.07) is 23.6. The van der Waals surface area contributed by atoms with E-state index in [4.69, 9.17) is 0 Å². The first kappa shape index (κ1) is 11.5. The lowest BCUT2D eigenvalue weighted by atomic mass is 9.87. The molecule has 0 saturated carbocycles. The van der Waals surface area contributed by atoms with Crippen LogP contribution in [-0.4, -0.2) is 0 Å². The van der Waals surface area contributed by atoms with Crippen molar-refractivity contribution in [3.05, 3.63) is 95.9 Å². The van der Waals surface area contributed by atoms with E-state index < -0.39 is 0 Å². The summed E-state index contributed by atoms with van der Waals surface area (Å²) >= 11 is 0. The number of hydrogen-bond acceptors (Lipinski definition) is 0. The predicted molar refractivity (Wildman–Crippen MR) is 84.4 cm³/mol. The minimum absolute atomic E-state index is 0.991. The molecule has 0 spiro atoms. The van der Waals surface area contributed by atoms with Gasteiger partial charge in [-0.15, -0.1) is 0 Å². The Kier molecular flexibility index (Phi) is 2.67. The van der Waals surface area contributed by atoms with Crippen molar-refractivity contribution in [1.29, 1.82) is 0 Å². The van der Waals surface area contributed by atoms with Crippen molar-refractivity contribution in [1.82, 2.24) is 0 Å². The Morgan fingerprint density at radius 2 is 1.55 bits per heavy atom. The molecule has 0 aromatic heterocycles. The molecule has 0 N–H and O–H groups in total. The van der Waals surface area contributed by atoms with Gasteiger partial charge in [-0.05, 0) is 45.5 Å². The fourth-order valence-corrected chi connectivity index (χ4v) is 2.78. The fourth-order valence-electron chi connectivity index (χ4n) is 2.78. The lowest BCUT2D eigenvalue weighted by Crippen LogP contribution is -2.00. The maximum absolute atomic E-state index is 3.54. The molecule has 0 bridgehead atoms. The van der Waals surface area contributed by atoms with Crippen LogP contribution in [0.5, 0.6) is 0 Å². The first-order valence-corrected chi connectivity index (χ1v) is 6.94. The van der Waals surface area contributed by atoms with Crippen LogP contribution >= 0.6 is 0 Å². The molecular weight excluding hydrogens is 240 g/mol. The Morgan fingerprint density at radius 1 is 0.750 bits per heavy atom. The molecule has 0 nitrogen and oxygen atoms in total. The van der Waals surface area contributed by atoms with E-state index >= 15 is 0 Å². The van der Waals surface area contributed by atoms with Crippen LogP contribution < -0.4 is 0 Å². The molecule has 0 heteroatoms. The molecule has 0 unspecified atom stereocenters. The third-order valence-electron chi connectivity index (χ3n) is 3.87. The summed E-state index contributed by atoms with van der Waals surface area (Å²) in [6.45, 7) is 0. The molecule has 0 atom stereocenters. The number of fused-ring (bicyclic) bond motifs is 2. The van der Waals surface area contributed by atoms with Crippen LogP contribution in [0.25, 0.3) is 16.3 Å². The SMILES string of the molecule is [C]1C(c2ccc3ccccc3c2)=CCc2ccccc21. The van der Waals surface area contributed by atoms with Crippen LogP contribution in [0.15, 0.2) is 72.8 Å². The van der Waals surface area contributed by atoms with Gasteiger partial charge in [0.15, 0.2) is 0 Å². The van der Waals surface area contributed by atoms with Crippen molar-refractivity contribution >= 4 is 16.3 Å². The van der Waals surface area contributed by atoms with E-state index in [1.807, 2.05) is 0 Å². The molecule has 0 aliphatic heterocycles. The largest absolute Gasteiger partial charge is 0.0753 e. The molecule has 1 aliphatic rings. The van der Waals surface area contributed by atoms with Crippen LogP contribution in [0.2, 0.25) is 0 Å². The van der Waals surface area contributed by atoms with Gasteiger partial charge in [-0.3, -0.25) is 0 Å². The van der Waals surface area contributed by atoms with E-state index in [9.17, 15) is 0 Å². The maximum Gasteiger partial charge on any atom is 0.0507 e. The molecule has 0 amide bonds. The summed E-state index contributed by atoms with van der Waals surface area (Å²) in [6.07, 6.45) is 6.80. The van der Waals surface area contributed by atoms with Crippen molar-refractivity contribution in [3.63, 3.8) is 0 Å². The molecule has 1 aliphatic carbocycles. The third-order valence-corrected chi connectivity index (χ3v) is 3.87. The van der Waals surface area contributed by atoms with Crippen molar-refractivity contribution < 1.29 is 0 Å². The van der Waals surface area contributed by atoms with Crippen LogP contribution in [0.1, 0.15) is 16.7 Å². The molecule has 94 valence electrons. The lowest BCUT2D eigenvalue weighted by molar-refractivity contribution is 1.20. The molecule has 0 heterocycles. The topological polar surface area (TPSA) is 0 Å². The minimum Gasteiger partial charge on any atom is -0.0753 e. The third kappa shape index (κ3) is 1.94. The number of benzene rings is 3. The Labute approximate surface area is 119 Å². The second-order valence-electron chi connectivity index (χ2n) is 5.17. The average molecular weight is 254 g/mol. The van der Waals surface area contributed by atoms with Gasteiger partial charge in [0.25, 0.3) is 0 Å². The summed E-state index contributed by atoms with van der Waals surface area (Å²) in [5.74, 6) is 0. The Bertz CT molecular complexity index is 809. The fraction of sp³-hybridized carbons (Fsp3) is 0.0500. The average Bonchev–Trinajstić information content (AvgIpc) is 2.54. The summed E-state index contributed by atoms with van der Waals surface area (Å²) in [7, 11) is 0.